The van der Waals surface area contributed by atoms with E-state index in [2.05, 4.69) is 6.07 Å². The van der Waals surface area contributed by atoms with E-state index in [0.717, 1.165) is 28.4 Å². The number of aryl methyl sites for hydroxylation is 2. The fraction of sp³-hybridized carbons (Fsp3) is 0.294. The van der Waals surface area contributed by atoms with Gasteiger partial charge >= 0.3 is 0 Å². The summed E-state index contributed by atoms with van der Waals surface area (Å²) in [7, 11) is 1.64. The molecule has 0 saturated carbocycles. The van der Waals surface area contributed by atoms with Crippen molar-refractivity contribution >= 4 is 5.69 Å². The summed E-state index contributed by atoms with van der Waals surface area (Å²) in [5.74, 6) is 2.33. The van der Waals surface area contributed by atoms with Crippen molar-refractivity contribution in [2.24, 2.45) is 0 Å². The molecule has 4 nitrogen and oxygen atoms in total. The lowest BCUT2D eigenvalue weighted by Gasteiger charge is -2.13. The monoisotopic (exact) mass is 287 g/mol. The summed E-state index contributed by atoms with van der Waals surface area (Å²) in [6.07, 6.45) is 0. The van der Waals surface area contributed by atoms with E-state index in [1.165, 1.54) is 0 Å². The molecule has 0 aliphatic rings. The second-order valence-electron chi connectivity index (χ2n) is 4.87. The lowest BCUT2D eigenvalue weighted by Crippen LogP contribution is -2.10. The molecule has 0 aromatic heterocycles. The van der Waals surface area contributed by atoms with Gasteiger partial charge in [-0.1, -0.05) is 6.07 Å². The maximum atomic E-state index is 5.97. The predicted molar refractivity (Wildman–Crippen MR) is 84.3 cm³/mol. The maximum absolute atomic E-state index is 5.97. The Labute approximate surface area is 125 Å². The smallest absolute Gasteiger partial charge is 0.145 e. The number of hydrogen-bond donors (Lipinski definition) is 1. The summed E-state index contributed by atoms with van der Waals surface area (Å²) >= 11 is 0. The Kier molecular flexibility index (Phi) is 4.93. The molecule has 2 aromatic rings. The van der Waals surface area contributed by atoms with Gasteiger partial charge in [0.05, 0.1) is 12.8 Å². The molecule has 112 valence electrons. The van der Waals surface area contributed by atoms with Gasteiger partial charge in [-0.2, -0.15) is 0 Å². The van der Waals surface area contributed by atoms with Crippen LogP contribution in [0.2, 0.25) is 0 Å². The number of benzene rings is 2. The van der Waals surface area contributed by atoms with Gasteiger partial charge in [0.25, 0.3) is 0 Å². The largest absolute Gasteiger partial charge is 0.497 e. The van der Waals surface area contributed by atoms with Crippen molar-refractivity contribution in [3.8, 4) is 17.2 Å². The lowest BCUT2D eigenvalue weighted by atomic mass is 10.1. The third-order valence-electron chi connectivity index (χ3n) is 3.11. The number of nitrogen functional groups attached to an aromatic ring is 1. The molecule has 21 heavy (non-hydrogen) atoms. The van der Waals surface area contributed by atoms with Crippen LogP contribution in [0.3, 0.4) is 0 Å². The van der Waals surface area contributed by atoms with E-state index in [1.54, 1.807) is 7.11 Å². The van der Waals surface area contributed by atoms with Crippen molar-refractivity contribution in [3.63, 3.8) is 0 Å². The summed E-state index contributed by atoms with van der Waals surface area (Å²) in [4.78, 5) is 0. The van der Waals surface area contributed by atoms with Crippen LogP contribution in [0, 0.1) is 13.8 Å². The third-order valence-corrected chi connectivity index (χ3v) is 3.11. The van der Waals surface area contributed by atoms with Crippen molar-refractivity contribution in [2.45, 2.75) is 13.8 Å². The molecule has 0 spiro atoms. The average molecular weight is 287 g/mol. The van der Waals surface area contributed by atoms with Gasteiger partial charge in [-0.25, -0.2) is 0 Å². The number of methoxy groups -OCH3 is 1. The lowest BCUT2D eigenvalue weighted by molar-refractivity contribution is 0.217. The molecule has 0 atom stereocenters. The first kappa shape index (κ1) is 15.0. The van der Waals surface area contributed by atoms with Crippen molar-refractivity contribution in [3.05, 3.63) is 47.5 Å². The molecule has 0 amide bonds. The summed E-state index contributed by atoms with van der Waals surface area (Å²) in [6, 6.07) is 11.4. The van der Waals surface area contributed by atoms with E-state index in [9.17, 15) is 0 Å². The molecule has 0 radical (unpaired) electrons. The van der Waals surface area contributed by atoms with E-state index in [-0.39, 0.29) is 0 Å². The number of rotatable bonds is 6. The molecule has 4 heteroatoms. The number of hydrogen-bond acceptors (Lipinski definition) is 4. The zero-order valence-corrected chi connectivity index (χ0v) is 12.7. The van der Waals surface area contributed by atoms with Gasteiger partial charge in [0.15, 0.2) is 0 Å². The highest BCUT2D eigenvalue weighted by Crippen LogP contribution is 2.27. The Hall–Kier alpha value is -2.36. The number of anilines is 1. The average Bonchev–Trinajstić information content (AvgIpc) is 2.46. The Morgan fingerprint density at radius 1 is 0.905 bits per heavy atom. The second-order valence-corrected chi connectivity index (χ2v) is 4.87. The third kappa shape index (κ3) is 4.05. The highest BCUT2D eigenvalue weighted by Gasteiger charge is 2.05. The van der Waals surface area contributed by atoms with Crippen molar-refractivity contribution in [1.29, 1.82) is 0 Å². The minimum absolute atomic E-state index is 0.445. The minimum Gasteiger partial charge on any atom is -0.497 e. The normalized spacial score (nSPS) is 10.2. The van der Waals surface area contributed by atoms with Gasteiger partial charge in [-0.05, 0) is 55.3 Å². The van der Waals surface area contributed by atoms with Gasteiger partial charge in [0.2, 0.25) is 0 Å². The zero-order valence-electron chi connectivity index (χ0n) is 12.7. The van der Waals surface area contributed by atoms with Gasteiger partial charge < -0.3 is 19.9 Å². The van der Waals surface area contributed by atoms with Crippen molar-refractivity contribution in [2.75, 3.05) is 26.1 Å². The predicted octanol–water partition coefficient (Wildman–Crippen LogP) is 3.35. The summed E-state index contributed by atoms with van der Waals surface area (Å²) < 4.78 is 16.4. The first-order valence-electron chi connectivity index (χ1n) is 6.86. The molecule has 0 unspecified atom stereocenters. The van der Waals surface area contributed by atoms with Gasteiger partial charge in [0, 0.05) is 0 Å². The Balaban J connectivity index is 1.84. The van der Waals surface area contributed by atoms with Gasteiger partial charge in [-0.15, -0.1) is 0 Å². The molecule has 2 rings (SSSR count). The molecule has 2 N–H and O–H groups in total. The molecular weight excluding hydrogens is 266 g/mol. The highest BCUT2D eigenvalue weighted by molar-refractivity contribution is 5.58. The zero-order chi connectivity index (χ0) is 15.2. The van der Waals surface area contributed by atoms with Crippen LogP contribution in [0.4, 0.5) is 5.69 Å². The fourth-order valence-electron chi connectivity index (χ4n) is 2.16. The van der Waals surface area contributed by atoms with E-state index in [4.69, 9.17) is 19.9 Å². The van der Waals surface area contributed by atoms with Crippen LogP contribution in [0.5, 0.6) is 17.2 Å². The van der Waals surface area contributed by atoms with Crippen molar-refractivity contribution < 1.29 is 14.2 Å². The van der Waals surface area contributed by atoms with Crippen LogP contribution in [0.25, 0.3) is 0 Å². The van der Waals surface area contributed by atoms with E-state index < -0.39 is 0 Å². The fourth-order valence-corrected chi connectivity index (χ4v) is 2.16. The van der Waals surface area contributed by atoms with Crippen LogP contribution in [0.1, 0.15) is 11.1 Å². The first-order chi connectivity index (χ1) is 10.1. The van der Waals surface area contributed by atoms with E-state index in [1.807, 2.05) is 44.2 Å². The van der Waals surface area contributed by atoms with Crippen LogP contribution in [0.15, 0.2) is 36.4 Å². The number of ether oxygens (including phenoxy) is 3. The maximum Gasteiger partial charge on any atom is 0.145 e. The Bertz CT molecular complexity index is 570. The van der Waals surface area contributed by atoms with E-state index in [0.29, 0.717) is 18.9 Å². The van der Waals surface area contributed by atoms with Crippen molar-refractivity contribution in [1.82, 2.24) is 0 Å². The van der Waals surface area contributed by atoms with Gasteiger partial charge in [-0.3, -0.25) is 0 Å². The van der Waals surface area contributed by atoms with E-state index >= 15 is 0 Å². The SMILES string of the molecule is COc1ccc(OCCOc2c(C)cc(C)cc2N)cc1. The first-order valence-corrected chi connectivity index (χ1v) is 6.86. The molecule has 0 aliphatic heterocycles. The second kappa shape index (κ2) is 6.88. The highest BCUT2D eigenvalue weighted by atomic mass is 16.5. The molecule has 0 heterocycles. The summed E-state index contributed by atoms with van der Waals surface area (Å²) in [6.45, 7) is 4.90. The van der Waals surface area contributed by atoms with Crippen LogP contribution in [-0.4, -0.2) is 20.3 Å². The topological polar surface area (TPSA) is 53.7 Å². The molecule has 0 bridgehead atoms. The number of nitrogens with two attached hydrogens (primary N) is 1. The molecule has 0 aliphatic carbocycles. The van der Waals surface area contributed by atoms with Crippen LogP contribution in [-0.2, 0) is 0 Å². The molecule has 0 fully saturated rings. The summed E-state index contributed by atoms with van der Waals surface area (Å²) in [5.41, 5.74) is 8.80. The van der Waals surface area contributed by atoms with Gasteiger partial charge in [0.1, 0.15) is 30.5 Å². The Morgan fingerprint density at radius 2 is 1.52 bits per heavy atom. The summed E-state index contributed by atoms with van der Waals surface area (Å²) in [5, 5.41) is 0. The Morgan fingerprint density at radius 3 is 2.14 bits per heavy atom. The standard InChI is InChI=1S/C17H21NO3/c1-12-10-13(2)17(16(18)11-12)21-9-8-20-15-6-4-14(19-3)5-7-15/h4-7,10-11H,8-9,18H2,1-3H3. The molecule has 2 aromatic carbocycles. The quantitative estimate of drug-likeness (QED) is 0.654. The molecule has 0 saturated heterocycles. The minimum atomic E-state index is 0.445. The molecular formula is C17H21NO3. The van der Waals surface area contributed by atoms with Crippen LogP contribution < -0.4 is 19.9 Å². The van der Waals surface area contributed by atoms with Crippen LogP contribution >= 0.6 is 0 Å².